The number of hydrogen-bond acceptors (Lipinski definition) is 3. The molecule has 0 aromatic heterocycles. The van der Waals surface area contributed by atoms with Crippen LogP contribution in [-0.4, -0.2) is 23.7 Å². The van der Waals surface area contributed by atoms with E-state index in [0.29, 0.717) is 0 Å². The lowest BCUT2D eigenvalue weighted by Crippen LogP contribution is -2.33. The normalized spacial score (nSPS) is 15.8. The first-order chi connectivity index (χ1) is 5.07. The maximum atomic E-state index is 11.4. The van der Waals surface area contributed by atoms with Crippen molar-refractivity contribution in [3.05, 3.63) is 0 Å². The van der Waals surface area contributed by atoms with Crippen molar-refractivity contribution in [3.63, 3.8) is 0 Å². The Hall–Kier alpha value is 0.350. The molecule has 1 atom stereocenters. The molecular formula is C7H13IO3S. The van der Waals surface area contributed by atoms with Gasteiger partial charge in [0, 0.05) is 11.7 Å². The van der Waals surface area contributed by atoms with Crippen molar-refractivity contribution in [3.8, 4) is 0 Å². The number of carbonyl (C=O) groups is 1. The standard InChI is InChI=1S/C7H13IO3S/c1-7(2,3)5(9)6(8)12(4,10)11/h6H,1-4H3/t6-/m0/s1. The lowest BCUT2D eigenvalue weighted by atomic mass is 9.92. The molecule has 0 amide bonds. The van der Waals surface area contributed by atoms with E-state index in [1.54, 1.807) is 43.4 Å². The summed E-state index contributed by atoms with van der Waals surface area (Å²) in [6, 6.07) is 0. The molecule has 0 aromatic carbocycles. The van der Waals surface area contributed by atoms with Crippen LogP contribution in [0.1, 0.15) is 20.8 Å². The molecule has 0 radical (unpaired) electrons. The molecule has 0 saturated heterocycles. The van der Waals surface area contributed by atoms with Gasteiger partial charge < -0.3 is 0 Å². The van der Waals surface area contributed by atoms with Crippen molar-refractivity contribution in [2.45, 2.75) is 24.0 Å². The van der Waals surface area contributed by atoms with E-state index in [0.717, 1.165) is 6.26 Å². The molecule has 0 heterocycles. The molecule has 0 bridgehead atoms. The van der Waals surface area contributed by atoms with Gasteiger partial charge in [-0.1, -0.05) is 43.4 Å². The summed E-state index contributed by atoms with van der Waals surface area (Å²) in [5, 5.41) is 0. The number of carbonyl (C=O) groups excluding carboxylic acids is 1. The number of ketones is 1. The van der Waals surface area contributed by atoms with Gasteiger partial charge in [0.25, 0.3) is 0 Å². The largest absolute Gasteiger partial charge is 0.297 e. The highest BCUT2D eigenvalue weighted by atomic mass is 127. The molecule has 0 saturated carbocycles. The van der Waals surface area contributed by atoms with E-state index in [-0.39, 0.29) is 5.78 Å². The molecule has 12 heavy (non-hydrogen) atoms. The number of alkyl halides is 1. The fourth-order valence-electron chi connectivity index (χ4n) is 0.535. The van der Waals surface area contributed by atoms with Crippen molar-refractivity contribution in [2.24, 2.45) is 5.41 Å². The number of rotatable bonds is 2. The van der Waals surface area contributed by atoms with Crippen LogP contribution < -0.4 is 0 Å². The van der Waals surface area contributed by atoms with Crippen molar-refractivity contribution in [1.29, 1.82) is 0 Å². The third-order valence-corrected chi connectivity index (χ3v) is 5.62. The third-order valence-electron chi connectivity index (χ3n) is 1.32. The Morgan fingerprint density at radius 1 is 1.33 bits per heavy atom. The highest BCUT2D eigenvalue weighted by Gasteiger charge is 2.33. The van der Waals surface area contributed by atoms with Crippen LogP contribution in [0.2, 0.25) is 0 Å². The molecule has 0 N–H and O–H groups in total. The monoisotopic (exact) mass is 304 g/mol. The predicted molar refractivity (Wildman–Crippen MR) is 57.1 cm³/mol. The highest BCUT2D eigenvalue weighted by Crippen LogP contribution is 2.23. The van der Waals surface area contributed by atoms with Gasteiger partial charge in [-0.15, -0.1) is 0 Å². The Labute approximate surface area is 87.0 Å². The van der Waals surface area contributed by atoms with Crippen molar-refractivity contribution in [2.75, 3.05) is 6.26 Å². The first-order valence-electron chi connectivity index (χ1n) is 3.44. The maximum absolute atomic E-state index is 11.4. The van der Waals surface area contributed by atoms with Gasteiger partial charge in [-0.2, -0.15) is 0 Å². The zero-order valence-corrected chi connectivity index (χ0v) is 10.6. The number of halogens is 1. The van der Waals surface area contributed by atoms with Crippen molar-refractivity contribution < 1.29 is 13.2 Å². The molecule has 5 heteroatoms. The molecule has 72 valence electrons. The minimum Gasteiger partial charge on any atom is -0.297 e. The Bertz CT molecular complexity index is 274. The Kier molecular flexibility index (Phi) is 3.72. The lowest BCUT2D eigenvalue weighted by Gasteiger charge is -2.19. The van der Waals surface area contributed by atoms with Gasteiger partial charge in [-0.25, -0.2) is 8.42 Å². The quantitative estimate of drug-likeness (QED) is 0.572. The number of sulfone groups is 1. The predicted octanol–water partition coefficient (Wildman–Crippen LogP) is 1.41. The van der Waals surface area contributed by atoms with Gasteiger partial charge in [0.1, 0.15) is 0 Å². The van der Waals surface area contributed by atoms with Crippen molar-refractivity contribution >= 4 is 38.2 Å². The van der Waals surface area contributed by atoms with E-state index in [1.807, 2.05) is 0 Å². The second-order valence-electron chi connectivity index (χ2n) is 3.76. The smallest absolute Gasteiger partial charge is 0.171 e. The molecule has 0 aliphatic heterocycles. The van der Waals surface area contributed by atoms with Gasteiger partial charge in [-0.3, -0.25) is 4.79 Å². The summed E-state index contributed by atoms with van der Waals surface area (Å²) in [5.41, 5.74) is -0.588. The molecule has 0 aliphatic rings. The van der Waals surface area contributed by atoms with E-state index < -0.39 is 18.5 Å². The Morgan fingerprint density at radius 3 is 1.75 bits per heavy atom. The van der Waals surface area contributed by atoms with Crippen LogP contribution in [0.4, 0.5) is 0 Å². The fourth-order valence-corrected chi connectivity index (χ4v) is 2.21. The molecule has 3 nitrogen and oxygen atoms in total. The zero-order valence-electron chi connectivity index (χ0n) is 7.59. The SMILES string of the molecule is CC(C)(C)C(=O)[C@@H](I)S(C)(=O)=O. The van der Waals surface area contributed by atoms with Crippen LogP contribution >= 0.6 is 22.6 Å². The van der Waals surface area contributed by atoms with Gasteiger partial charge in [0.15, 0.2) is 18.9 Å². The summed E-state index contributed by atoms with van der Waals surface area (Å²) in [6.07, 6.45) is 1.08. The average Bonchev–Trinajstić information content (AvgIpc) is 1.80. The second-order valence-corrected chi connectivity index (χ2v) is 7.98. The van der Waals surface area contributed by atoms with Crippen LogP contribution in [0.25, 0.3) is 0 Å². The highest BCUT2D eigenvalue weighted by molar-refractivity contribution is 14.1. The van der Waals surface area contributed by atoms with Crippen LogP contribution in [-0.2, 0) is 14.6 Å². The molecule has 0 unspecified atom stereocenters. The molecular weight excluding hydrogens is 291 g/mol. The summed E-state index contributed by atoms with van der Waals surface area (Å²) in [6.45, 7) is 5.14. The fraction of sp³-hybridized carbons (Fsp3) is 0.857. The number of hydrogen-bond donors (Lipinski definition) is 0. The van der Waals surface area contributed by atoms with E-state index in [2.05, 4.69) is 0 Å². The van der Waals surface area contributed by atoms with Gasteiger partial charge >= 0.3 is 0 Å². The lowest BCUT2D eigenvalue weighted by molar-refractivity contribution is -0.124. The minimum atomic E-state index is -3.25. The molecule has 0 aliphatic carbocycles. The average molecular weight is 304 g/mol. The van der Waals surface area contributed by atoms with E-state index in [4.69, 9.17) is 0 Å². The first kappa shape index (κ1) is 12.3. The summed E-state index contributed by atoms with van der Waals surface area (Å²) in [7, 11) is -3.25. The summed E-state index contributed by atoms with van der Waals surface area (Å²) < 4.78 is 21.1. The molecule has 0 rings (SSSR count). The van der Waals surface area contributed by atoms with Gasteiger partial charge in [0.2, 0.25) is 0 Å². The van der Waals surface area contributed by atoms with E-state index in [9.17, 15) is 13.2 Å². The summed E-state index contributed by atoms with van der Waals surface area (Å²) >= 11 is 1.66. The van der Waals surface area contributed by atoms with Crippen LogP contribution in [0, 0.1) is 5.41 Å². The maximum Gasteiger partial charge on any atom is 0.171 e. The zero-order chi connectivity index (χ0) is 10.2. The second kappa shape index (κ2) is 3.61. The third kappa shape index (κ3) is 3.38. The van der Waals surface area contributed by atoms with Gasteiger partial charge in [-0.05, 0) is 0 Å². The summed E-state index contributed by atoms with van der Waals surface area (Å²) in [4.78, 5) is 11.4. The molecule has 0 aromatic rings. The molecule has 0 fully saturated rings. The molecule has 0 spiro atoms. The summed E-state index contributed by atoms with van der Waals surface area (Å²) in [5.74, 6) is -0.245. The topological polar surface area (TPSA) is 51.2 Å². The van der Waals surface area contributed by atoms with E-state index in [1.165, 1.54) is 0 Å². The van der Waals surface area contributed by atoms with Crippen LogP contribution in [0.15, 0.2) is 0 Å². The van der Waals surface area contributed by atoms with Crippen molar-refractivity contribution in [1.82, 2.24) is 0 Å². The van der Waals surface area contributed by atoms with Crippen LogP contribution in [0.5, 0.6) is 0 Å². The Balaban J connectivity index is 4.77. The van der Waals surface area contributed by atoms with Gasteiger partial charge in [0.05, 0.1) is 0 Å². The Morgan fingerprint density at radius 2 is 1.67 bits per heavy atom. The van der Waals surface area contributed by atoms with E-state index >= 15 is 0 Å². The first-order valence-corrected chi connectivity index (χ1v) is 6.64. The van der Waals surface area contributed by atoms with Crippen LogP contribution in [0.3, 0.4) is 0 Å². The minimum absolute atomic E-state index is 0.245. The number of Topliss-reactive ketones (excluding diaryl/α,β-unsaturated/α-hetero) is 1.